The molecule has 9 nitrogen and oxygen atoms in total. The van der Waals surface area contributed by atoms with Gasteiger partial charge in [0.1, 0.15) is 36.4 Å². The van der Waals surface area contributed by atoms with Crippen molar-refractivity contribution >= 4 is 50.1 Å². The number of rotatable bonds is 11. The number of ether oxygens (including phenoxy) is 2. The van der Waals surface area contributed by atoms with Gasteiger partial charge in [-0.15, -0.1) is 0 Å². The Hall–Kier alpha value is -3.46. The summed E-state index contributed by atoms with van der Waals surface area (Å²) in [6.45, 7) is 4.15. The number of nitrogens with zero attached hydrogens (tertiary/aromatic N) is 3. The third-order valence-corrected chi connectivity index (χ3v) is 7.40. The maximum Gasteiger partial charge on any atom is 0.268 e. The van der Waals surface area contributed by atoms with Crippen molar-refractivity contribution < 1.29 is 22.7 Å². The Bertz CT molecular complexity index is 1400. The lowest BCUT2D eigenvalue weighted by molar-refractivity contribution is -0.112. The monoisotopic (exact) mass is 546 g/mol. The topological polar surface area (TPSA) is 131 Å². The van der Waals surface area contributed by atoms with Gasteiger partial charge in [-0.25, -0.2) is 8.42 Å². The number of aromatic nitrogens is 2. The van der Waals surface area contributed by atoms with Crippen LogP contribution in [0.5, 0.6) is 11.5 Å². The van der Waals surface area contributed by atoms with Gasteiger partial charge in [-0.1, -0.05) is 43.6 Å². The zero-order valence-electron chi connectivity index (χ0n) is 19.5. The molecule has 12 heteroatoms. The van der Waals surface area contributed by atoms with E-state index in [2.05, 4.69) is 21.6 Å². The number of halogens is 1. The van der Waals surface area contributed by atoms with Crippen LogP contribution >= 0.6 is 23.1 Å². The minimum Gasteiger partial charge on any atom is -0.490 e. The number of carbonyl (C=O) groups excluding carboxylic acids is 1. The molecule has 0 atom stereocenters. The highest BCUT2D eigenvalue weighted by atomic mass is 35.5. The van der Waals surface area contributed by atoms with Crippen molar-refractivity contribution in [3.63, 3.8) is 0 Å². The van der Waals surface area contributed by atoms with Gasteiger partial charge in [0, 0.05) is 11.5 Å². The summed E-state index contributed by atoms with van der Waals surface area (Å²) in [6, 6.07) is 14.5. The maximum absolute atomic E-state index is 12.5. The number of carbonyl (C=O) groups is 1. The molecule has 0 bridgehead atoms. The quantitative estimate of drug-likeness (QED) is 0.210. The van der Waals surface area contributed by atoms with Crippen molar-refractivity contribution in [3.05, 3.63) is 64.2 Å². The molecule has 3 aromatic rings. The van der Waals surface area contributed by atoms with Crippen LogP contribution < -0.4 is 14.8 Å². The SMILES string of the molecule is CCc1ccc(OCCOc2ccc(/C=C(/C#N)C(=O)Nc3nc(S(=O)(=O)CC)ns3)cc2Cl)cc1. The molecule has 2 aromatic carbocycles. The number of hydrogen-bond donors (Lipinski definition) is 1. The van der Waals surface area contributed by atoms with Crippen LogP contribution in [-0.2, 0) is 21.1 Å². The molecule has 1 amide bonds. The summed E-state index contributed by atoms with van der Waals surface area (Å²) in [5.41, 5.74) is 1.50. The van der Waals surface area contributed by atoms with Crippen molar-refractivity contribution in [3.8, 4) is 17.6 Å². The number of amides is 1. The molecular formula is C24H23ClN4O5S2. The first-order valence-electron chi connectivity index (χ1n) is 10.9. The number of nitrogens with one attached hydrogen (secondary N) is 1. The third kappa shape index (κ3) is 7.27. The first-order chi connectivity index (χ1) is 17.2. The highest BCUT2D eigenvalue weighted by molar-refractivity contribution is 7.91. The minimum absolute atomic E-state index is 0.0292. The van der Waals surface area contributed by atoms with Crippen LogP contribution in [0.15, 0.2) is 53.2 Å². The van der Waals surface area contributed by atoms with E-state index < -0.39 is 15.7 Å². The summed E-state index contributed by atoms with van der Waals surface area (Å²) in [7, 11) is -3.60. The summed E-state index contributed by atoms with van der Waals surface area (Å²) >= 11 is 7.01. The fourth-order valence-electron chi connectivity index (χ4n) is 2.85. The molecule has 0 fully saturated rings. The van der Waals surface area contributed by atoms with E-state index in [0.29, 0.717) is 34.5 Å². The van der Waals surface area contributed by atoms with E-state index in [1.807, 2.05) is 30.3 Å². The molecule has 1 N–H and O–H groups in total. The highest BCUT2D eigenvalue weighted by Gasteiger charge is 2.20. The van der Waals surface area contributed by atoms with Gasteiger partial charge in [0.25, 0.3) is 11.1 Å². The van der Waals surface area contributed by atoms with Gasteiger partial charge in [-0.05, 0) is 47.9 Å². The van der Waals surface area contributed by atoms with Gasteiger partial charge in [-0.3, -0.25) is 10.1 Å². The molecule has 3 rings (SSSR count). The molecule has 0 aliphatic rings. The van der Waals surface area contributed by atoms with Crippen molar-refractivity contribution in [2.75, 3.05) is 24.3 Å². The molecule has 36 heavy (non-hydrogen) atoms. The molecule has 0 spiro atoms. The number of nitriles is 1. The van der Waals surface area contributed by atoms with E-state index >= 15 is 0 Å². The third-order valence-electron chi connectivity index (χ3n) is 4.86. The number of benzene rings is 2. The number of sulfone groups is 1. The van der Waals surface area contributed by atoms with E-state index in [9.17, 15) is 18.5 Å². The molecule has 0 aliphatic carbocycles. The smallest absolute Gasteiger partial charge is 0.268 e. The maximum atomic E-state index is 12.5. The van der Waals surface area contributed by atoms with Gasteiger partial charge < -0.3 is 9.47 Å². The lowest BCUT2D eigenvalue weighted by Crippen LogP contribution is -2.13. The molecule has 0 saturated carbocycles. The van der Waals surface area contributed by atoms with Crippen molar-refractivity contribution in [2.24, 2.45) is 0 Å². The van der Waals surface area contributed by atoms with Crippen LogP contribution in [-0.4, -0.2) is 42.6 Å². The van der Waals surface area contributed by atoms with Crippen LogP contribution in [0.2, 0.25) is 5.02 Å². The van der Waals surface area contributed by atoms with Crippen LogP contribution in [0.1, 0.15) is 25.0 Å². The standard InChI is InChI=1S/C24H23ClN4O5S2/c1-3-16-5-8-19(9-6-16)33-11-12-34-21-10-7-17(14-20(21)25)13-18(15-26)22(30)27-23-28-24(29-35-23)36(31,32)4-2/h5-10,13-14H,3-4,11-12H2,1-2H3,(H,27,28,29,30)/b18-13-. The molecule has 1 aromatic heterocycles. The van der Waals surface area contributed by atoms with Crippen molar-refractivity contribution in [1.82, 2.24) is 9.36 Å². The first kappa shape index (κ1) is 27.1. The van der Waals surface area contributed by atoms with Gasteiger partial charge in [0.05, 0.1) is 10.8 Å². The molecule has 0 aliphatic heterocycles. The number of hydrogen-bond acceptors (Lipinski definition) is 9. The zero-order valence-corrected chi connectivity index (χ0v) is 21.9. The Kier molecular flexibility index (Phi) is 9.41. The van der Waals surface area contributed by atoms with Gasteiger partial charge >= 0.3 is 0 Å². The van der Waals surface area contributed by atoms with Crippen molar-refractivity contribution in [2.45, 2.75) is 25.4 Å². The Balaban J connectivity index is 1.58. The second kappa shape index (κ2) is 12.5. The van der Waals surface area contributed by atoms with Crippen LogP contribution in [0.3, 0.4) is 0 Å². The summed E-state index contributed by atoms with van der Waals surface area (Å²) in [6.07, 6.45) is 2.31. The predicted molar refractivity (Wildman–Crippen MR) is 138 cm³/mol. The minimum atomic E-state index is -3.60. The second-order valence-electron chi connectivity index (χ2n) is 7.29. The van der Waals surface area contributed by atoms with E-state index in [1.54, 1.807) is 18.2 Å². The summed E-state index contributed by atoms with van der Waals surface area (Å²) in [5, 5.41) is 11.7. The molecule has 188 valence electrons. The van der Waals surface area contributed by atoms with E-state index in [1.165, 1.54) is 18.6 Å². The van der Waals surface area contributed by atoms with Gasteiger partial charge in [0.15, 0.2) is 0 Å². The van der Waals surface area contributed by atoms with E-state index in [4.69, 9.17) is 21.1 Å². The second-order valence-corrected chi connectivity index (χ2v) is 10.6. The van der Waals surface area contributed by atoms with Crippen LogP contribution in [0.25, 0.3) is 6.08 Å². The molecule has 0 unspecified atom stereocenters. The Morgan fingerprint density at radius 1 is 1.17 bits per heavy atom. The predicted octanol–water partition coefficient (Wildman–Crippen LogP) is 4.55. The van der Waals surface area contributed by atoms with Crippen LogP contribution in [0, 0.1) is 11.3 Å². The molecule has 1 heterocycles. The average molecular weight is 547 g/mol. The summed E-state index contributed by atoms with van der Waals surface area (Å²) in [4.78, 5) is 16.3. The normalized spacial score (nSPS) is 11.6. The first-order valence-corrected chi connectivity index (χ1v) is 13.7. The van der Waals surface area contributed by atoms with Crippen molar-refractivity contribution in [1.29, 1.82) is 5.26 Å². The lowest BCUT2D eigenvalue weighted by Gasteiger charge is -2.10. The fraction of sp³-hybridized carbons (Fsp3) is 0.250. The zero-order chi connectivity index (χ0) is 26.1. The summed E-state index contributed by atoms with van der Waals surface area (Å²) in [5.74, 6) is 0.261. The van der Waals surface area contributed by atoms with Gasteiger partial charge in [-0.2, -0.15) is 14.6 Å². The molecule has 0 radical (unpaired) electrons. The largest absolute Gasteiger partial charge is 0.490 e. The Morgan fingerprint density at radius 2 is 1.89 bits per heavy atom. The van der Waals surface area contributed by atoms with E-state index in [0.717, 1.165) is 12.2 Å². The molecular weight excluding hydrogens is 524 g/mol. The summed E-state index contributed by atoms with van der Waals surface area (Å²) < 4.78 is 38.7. The molecule has 0 saturated heterocycles. The fourth-order valence-corrected chi connectivity index (χ4v) is 4.68. The Morgan fingerprint density at radius 3 is 2.53 bits per heavy atom. The average Bonchev–Trinajstić information content (AvgIpc) is 3.35. The van der Waals surface area contributed by atoms with Gasteiger partial charge in [0.2, 0.25) is 15.0 Å². The van der Waals surface area contributed by atoms with E-state index in [-0.39, 0.29) is 28.2 Å². The highest BCUT2D eigenvalue weighted by Crippen LogP contribution is 2.27. The number of anilines is 1. The lowest BCUT2D eigenvalue weighted by atomic mass is 10.1. The number of aryl methyl sites for hydroxylation is 1. The Labute approximate surface area is 218 Å². The van der Waals surface area contributed by atoms with Crippen LogP contribution in [0.4, 0.5) is 5.13 Å².